The molecule has 1 N–H and O–H groups in total. The van der Waals surface area contributed by atoms with E-state index in [1.54, 1.807) is 0 Å². The SMILES string of the molecule is O[C@H](CCl)C(Cl)Cl. The van der Waals surface area contributed by atoms with Crippen LogP contribution >= 0.6 is 34.8 Å². The van der Waals surface area contributed by atoms with Crippen molar-refractivity contribution in [3.63, 3.8) is 0 Å². The van der Waals surface area contributed by atoms with Crippen LogP contribution in [-0.2, 0) is 0 Å². The highest BCUT2D eigenvalue weighted by atomic mass is 35.5. The van der Waals surface area contributed by atoms with Gasteiger partial charge in [0.2, 0.25) is 0 Å². The molecule has 0 amide bonds. The van der Waals surface area contributed by atoms with Gasteiger partial charge < -0.3 is 5.11 Å². The van der Waals surface area contributed by atoms with E-state index < -0.39 is 10.9 Å². The smallest absolute Gasteiger partial charge is 0.134 e. The molecule has 0 radical (unpaired) electrons. The fraction of sp³-hybridized carbons (Fsp3) is 1.00. The Bertz CT molecular complexity index is 47.4. The largest absolute Gasteiger partial charge is 0.389 e. The molecule has 0 saturated heterocycles. The van der Waals surface area contributed by atoms with Crippen molar-refractivity contribution >= 4 is 34.8 Å². The Morgan fingerprint density at radius 1 is 1.43 bits per heavy atom. The number of halogens is 3. The molecular formula is C3H5Cl3O. The number of alkyl halides is 3. The van der Waals surface area contributed by atoms with Crippen molar-refractivity contribution in [1.82, 2.24) is 0 Å². The third-order valence-corrected chi connectivity index (χ3v) is 1.35. The molecule has 0 aromatic carbocycles. The maximum absolute atomic E-state index is 8.54. The van der Waals surface area contributed by atoms with Gasteiger partial charge >= 0.3 is 0 Å². The van der Waals surface area contributed by atoms with Gasteiger partial charge in [-0.3, -0.25) is 0 Å². The fourth-order valence-electron chi connectivity index (χ4n) is 0.0673. The molecule has 0 saturated carbocycles. The van der Waals surface area contributed by atoms with Crippen LogP contribution < -0.4 is 0 Å². The third kappa shape index (κ3) is 3.42. The van der Waals surface area contributed by atoms with Crippen LogP contribution in [0.3, 0.4) is 0 Å². The first-order valence-electron chi connectivity index (χ1n) is 1.70. The molecule has 0 aromatic rings. The predicted octanol–water partition coefficient (Wildman–Crippen LogP) is 1.39. The molecule has 44 valence electrons. The van der Waals surface area contributed by atoms with Crippen LogP contribution in [0, 0.1) is 0 Å². The van der Waals surface area contributed by atoms with Gasteiger partial charge in [0.15, 0.2) is 0 Å². The molecule has 4 heteroatoms. The van der Waals surface area contributed by atoms with Crippen LogP contribution in [0.1, 0.15) is 0 Å². The minimum atomic E-state index is -0.801. The van der Waals surface area contributed by atoms with Gasteiger partial charge in [0.25, 0.3) is 0 Å². The standard InChI is InChI=1S/C3H5Cl3O/c4-1-2(7)3(5)6/h2-3,7H,1H2/t2-/m1/s1. The second-order valence-corrected chi connectivity index (χ2v) is 2.53. The van der Waals surface area contributed by atoms with E-state index in [2.05, 4.69) is 0 Å². The lowest BCUT2D eigenvalue weighted by atomic mass is 10.5. The fourth-order valence-corrected chi connectivity index (χ4v) is 0.606. The topological polar surface area (TPSA) is 20.2 Å². The molecule has 1 atom stereocenters. The molecule has 0 bridgehead atoms. The summed E-state index contributed by atoms with van der Waals surface area (Å²) < 4.78 is 0. The highest BCUT2D eigenvalue weighted by Gasteiger charge is 2.09. The van der Waals surface area contributed by atoms with Gasteiger partial charge in [-0.05, 0) is 0 Å². The zero-order valence-corrected chi connectivity index (χ0v) is 5.71. The summed E-state index contributed by atoms with van der Waals surface area (Å²) in [4.78, 5) is -0.766. The molecule has 0 unspecified atom stereocenters. The maximum atomic E-state index is 8.54. The van der Waals surface area contributed by atoms with Crippen LogP contribution in [-0.4, -0.2) is 21.9 Å². The molecule has 7 heavy (non-hydrogen) atoms. The van der Waals surface area contributed by atoms with E-state index in [1.165, 1.54) is 0 Å². The van der Waals surface area contributed by atoms with Gasteiger partial charge in [-0.2, -0.15) is 0 Å². The molecule has 0 spiro atoms. The van der Waals surface area contributed by atoms with Crippen LogP contribution in [0.15, 0.2) is 0 Å². The summed E-state index contributed by atoms with van der Waals surface area (Å²) in [5.41, 5.74) is 0. The molecule has 0 fully saturated rings. The third-order valence-electron chi connectivity index (χ3n) is 0.449. The van der Waals surface area contributed by atoms with Gasteiger partial charge in [0.1, 0.15) is 4.84 Å². The molecule has 0 aromatic heterocycles. The lowest BCUT2D eigenvalue weighted by Crippen LogP contribution is -2.16. The number of aliphatic hydroxyl groups is 1. The van der Waals surface area contributed by atoms with Crippen molar-refractivity contribution in [2.24, 2.45) is 0 Å². The summed E-state index contributed by atoms with van der Waals surface area (Å²) in [6.45, 7) is 0. The Hall–Kier alpha value is 0.830. The molecular weight excluding hydrogens is 158 g/mol. The van der Waals surface area contributed by atoms with Crippen molar-refractivity contribution in [2.45, 2.75) is 10.9 Å². The van der Waals surface area contributed by atoms with Crippen molar-refractivity contribution in [2.75, 3.05) is 5.88 Å². The lowest BCUT2D eigenvalue weighted by molar-refractivity contribution is 0.213. The summed E-state index contributed by atoms with van der Waals surface area (Å²) in [5.74, 6) is 0.0810. The Morgan fingerprint density at radius 3 is 1.86 bits per heavy atom. The molecule has 0 aliphatic carbocycles. The highest BCUT2D eigenvalue weighted by molar-refractivity contribution is 6.45. The van der Waals surface area contributed by atoms with E-state index >= 15 is 0 Å². The van der Waals surface area contributed by atoms with E-state index in [4.69, 9.17) is 39.9 Å². The minimum absolute atomic E-state index is 0.0810. The van der Waals surface area contributed by atoms with Gasteiger partial charge in [0, 0.05) is 0 Å². The Kier molecular flexibility index (Phi) is 4.24. The lowest BCUT2D eigenvalue weighted by Gasteiger charge is -2.03. The van der Waals surface area contributed by atoms with Crippen LogP contribution in [0.4, 0.5) is 0 Å². The first-order valence-corrected chi connectivity index (χ1v) is 3.11. The molecule has 0 aliphatic rings. The zero-order valence-electron chi connectivity index (χ0n) is 3.44. The normalized spacial score (nSPS) is 15.0. The molecule has 0 rings (SSSR count). The first-order chi connectivity index (χ1) is 3.18. The first kappa shape index (κ1) is 7.83. The summed E-state index contributed by atoms with van der Waals surface area (Å²) in [6.07, 6.45) is -0.801. The van der Waals surface area contributed by atoms with E-state index in [0.717, 1.165) is 0 Å². The number of hydrogen-bond donors (Lipinski definition) is 1. The number of hydrogen-bond acceptors (Lipinski definition) is 1. The van der Waals surface area contributed by atoms with E-state index in [0.29, 0.717) is 0 Å². The summed E-state index contributed by atoms with van der Waals surface area (Å²) in [6, 6.07) is 0. The van der Waals surface area contributed by atoms with Gasteiger partial charge in [-0.15, -0.1) is 34.8 Å². The van der Waals surface area contributed by atoms with Gasteiger partial charge in [0.05, 0.1) is 12.0 Å². The zero-order chi connectivity index (χ0) is 5.86. The summed E-state index contributed by atoms with van der Waals surface area (Å²) in [7, 11) is 0. The highest BCUT2D eigenvalue weighted by Crippen LogP contribution is 2.07. The number of rotatable bonds is 2. The van der Waals surface area contributed by atoms with Gasteiger partial charge in [-0.25, -0.2) is 0 Å². The monoisotopic (exact) mass is 162 g/mol. The van der Waals surface area contributed by atoms with E-state index in [1.807, 2.05) is 0 Å². The van der Waals surface area contributed by atoms with E-state index in [-0.39, 0.29) is 5.88 Å². The minimum Gasteiger partial charge on any atom is -0.389 e. The quantitative estimate of drug-likeness (QED) is 0.610. The Labute approximate surface area is 57.2 Å². The predicted molar refractivity (Wildman–Crippen MR) is 32.2 cm³/mol. The summed E-state index contributed by atoms with van der Waals surface area (Å²) >= 11 is 15.4. The molecule has 1 nitrogen and oxygen atoms in total. The van der Waals surface area contributed by atoms with Crippen molar-refractivity contribution in [1.29, 1.82) is 0 Å². The van der Waals surface area contributed by atoms with Crippen molar-refractivity contribution in [3.8, 4) is 0 Å². The second-order valence-electron chi connectivity index (χ2n) is 1.06. The number of aliphatic hydroxyl groups excluding tert-OH is 1. The Balaban J connectivity index is 3.14. The van der Waals surface area contributed by atoms with Crippen molar-refractivity contribution in [3.05, 3.63) is 0 Å². The van der Waals surface area contributed by atoms with Crippen LogP contribution in [0.25, 0.3) is 0 Å². The summed E-state index contributed by atoms with van der Waals surface area (Å²) in [5, 5.41) is 8.54. The van der Waals surface area contributed by atoms with E-state index in [9.17, 15) is 0 Å². The maximum Gasteiger partial charge on any atom is 0.134 e. The average molecular weight is 163 g/mol. The molecule has 0 aliphatic heterocycles. The van der Waals surface area contributed by atoms with Crippen molar-refractivity contribution < 1.29 is 5.11 Å². The Morgan fingerprint density at radius 2 is 1.86 bits per heavy atom. The van der Waals surface area contributed by atoms with Crippen LogP contribution in [0.5, 0.6) is 0 Å². The van der Waals surface area contributed by atoms with Gasteiger partial charge in [-0.1, -0.05) is 0 Å². The van der Waals surface area contributed by atoms with Crippen LogP contribution in [0.2, 0.25) is 0 Å². The molecule has 0 heterocycles. The average Bonchev–Trinajstić information content (AvgIpc) is 1.65. The second kappa shape index (κ2) is 3.79.